The van der Waals surface area contributed by atoms with E-state index in [9.17, 15) is 24.9 Å². The van der Waals surface area contributed by atoms with Crippen molar-refractivity contribution in [2.45, 2.75) is 116 Å². The van der Waals surface area contributed by atoms with E-state index in [1.54, 1.807) is 4.90 Å². The summed E-state index contributed by atoms with van der Waals surface area (Å²) < 4.78 is 0. The number of likely N-dealkylation sites (tertiary alicyclic amines) is 1. The summed E-state index contributed by atoms with van der Waals surface area (Å²) in [7, 11) is 0. The molecule has 1 aliphatic heterocycles. The van der Waals surface area contributed by atoms with Gasteiger partial charge in [0.2, 0.25) is 5.91 Å². The predicted molar refractivity (Wildman–Crippen MR) is 133 cm³/mol. The quantitative estimate of drug-likeness (QED) is 0.529. The highest BCUT2D eigenvalue weighted by molar-refractivity contribution is 5.84. The van der Waals surface area contributed by atoms with Crippen molar-refractivity contribution < 1.29 is 24.9 Å². The summed E-state index contributed by atoms with van der Waals surface area (Å²) in [5.41, 5.74) is 0.455. The molecule has 3 N–H and O–H groups in total. The maximum Gasteiger partial charge on any atom is 0.326 e. The zero-order valence-electron chi connectivity index (χ0n) is 22.0. The molecular weight excluding hydrogens is 442 g/mol. The first-order chi connectivity index (χ1) is 16.6. The number of carbonyl (C=O) groups excluding carboxylic acids is 1. The normalized spacial score (nSPS) is 48.1. The number of aliphatic hydroxyl groups is 2. The van der Waals surface area contributed by atoms with Crippen LogP contribution in [0.2, 0.25) is 0 Å². The summed E-state index contributed by atoms with van der Waals surface area (Å²) in [5, 5.41) is 31.2. The lowest BCUT2D eigenvalue weighted by Crippen LogP contribution is -2.58. The smallest absolute Gasteiger partial charge is 0.326 e. The Kier molecular flexibility index (Phi) is 6.78. The maximum absolute atomic E-state index is 12.9. The number of amides is 1. The molecule has 5 aliphatic rings. The topological polar surface area (TPSA) is 98.1 Å². The van der Waals surface area contributed by atoms with E-state index in [0.29, 0.717) is 54.9 Å². The van der Waals surface area contributed by atoms with Gasteiger partial charge in [-0.25, -0.2) is 4.79 Å². The van der Waals surface area contributed by atoms with Crippen LogP contribution < -0.4 is 0 Å². The predicted octanol–water partition coefficient (Wildman–Crippen LogP) is 4.47. The molecule has 198 valence electrons. The third-order valence-corrected chi connectivity index (χ3v) is 12.1. The second-order valence-corrected chi connectivity index (χ2v) is 13.6. The Morgan fingerprint density at radius 2 is 1.69 bits per heavy atom. The minimum atomic E-state index is -0.874. The number of hydrogen-bond acceptors (Lipinski definition) is 4. The van der Waals surface area contributed by atoms with E-state index in [-0.39, 0.29) is 28.9 Å². The van der Waals surface area contributed by atoms with Crippen molar-refractivity contribution >= 4 is 11.9 Å². The molecule has 1 heterocycles. The Bertz CT molecular complexity index is 832. The number of carbonyl (C=O) groups is 2. The van der Waals surface area contributed by atoms with Crippen molar-refractivity contribution in [1.29, 1.82) is 0 Å². The van der Waals surface area contributed by atoms with Crippen LogP contribution in [0.4, 0.5) is 0 Å². The van der Waals surface area contributed by atoms with Gasteiger partial charge in [-0.05, 0) is 117 Å². The molecule has 11 atom stereocenters. The van der Waals surface area contributed by atoms with Gasteiger partial charge in [-0.15, -0.1) is 0 Å². The third kappa shape index (κ3) is 4.15. The molecule has 1 unspecified atom stereocenters. The molecule has 0 bridgehead atoms. The fraction of sp³-hybridized carbons (Fsp3) is 0.931. The van der Waals surface area contributed by atoms with Gasteiger partial charge in [0.05, 0.1) is 12.2 Å². The minimum absolute atomic E-state index is 0.00585. The van der Waals surface area contributed by atoms with E-state index in [1.807, 2.05) is 0 Å². The van der Waals surface area contributed by atoms with Crippen molar-refractivity contribution in [1.82, 2.24) is 4.90 Å². The second kappa shape index (κ2) is 9.31. The molecule has 1 saturated heterocycles. The zero-order valence-corrected chi connectivity index (χ0v) is 22.0. The third-order valence-electron chi connectivity index (χ3n) is 12.1. The van der Waals surface area contributed by atoms with Crippen molar-refractivity contribution in [2.24, 2.45) is 46.3 Å². The Morgan fingerprint density at radius 3 is 2.43 bits per heavy atom. The summed E-state index contributed by atoms with van der Waals surface area (Å²) in [4.78, 5) is 26.0. The summed E-state index contributed by atoms with van der Waals surface area (Å²) in [5.74, 6) is 2.01. The molecule has 35 heavy (non-hydrogen) atoms. The van der Waals surface area contributed by atoms with Gasteiger partial charge in [0.25, 0.3) is 0 Å². The largest absolute Gasteiger partial charge is 0.480 e. The Balaban J connectivity index is 1.26. The van der Waals surface area contributed by atoms with Crippen LogP contribution in [0, 0.1) is 46.3 Å². The average molecular weight is 490 g/mol. The number of fused-ring (bicyclic) bond motifs is 5. The Morgan fingerprint density at radius 1 is 0.971 bits per heavy atom. The minimum Gasteiger partial charge on any atom is -0.480 e. The molecule has 6 nitrogen and oxygen atoms in total. The first kappa shape index (κ1) is 25.5. The lowest BCUT2D eigenvalue weighted by molar-refractivity contribution is -0.174. The number of carboxylic acid groups (broad SMARTS) is 1. The van der Waals surface area contributed by atoms with Gasteiger partial charge < -0.3 is 20.2 Å². The van der Waals surface area contributed by atoms with Gasteiger partial charge >= 0.3 is 5.97 Å². The fourth-order valence-electron chi connectivity index (χ4n) is 10.2. The second-order valence-electron chi connectivity index (χ2n) is 13.6. The van der Waals surface area contributed by atoms with E-state index in [2.05, 4.69) is 20.8 Å². The molecular formula is C29H47NO5. The zero-order chi connectivity index (χ0) is 25.1. The molecule has 0 aromatic carbocycles. The lowest BCUT2D eigenvalue weighted by atomic mass is 9.43. The highest BCUT2D eigenvalue weighted by Gasteiger charge is 2.62. The summed E-state index contributed by atoms with van der Waals surface area (Å²) >= 11 is 0. The lowest BCUT2D eigenvalue weighted by Gasteiger charge is -2.62. The van der Waals surface area contributed by atoms with Crippen molar-refractivity contribution in [3.63, 3.8) is 0 Å². The van der Waals surface area contributed by atoms with Crippen molar-refractivity contribution in [3.05, 3.63) is 0 Å². The first-order valence-electron chi connectivity index (χ1n) is 14.4. The van der Waals surface area contributed by atoms with Gasteiger partial charge in [0.15, 0.2) is 0 Å². The standard InChI is InChI=1S/C29H47NO5/c1-17(6-9-25(33)30-14-4-5-23(30)27(34)35)20-7-8-21-26-22(11-13-29(20,21)3)28(2)12-10-19(31)15-18(28)16-24(26)32/h17-24,26,31-32H,4-16H2,1-3H3,(H,34,35)/t17-,18+,19-,20-,21+,22+,23?,24+,26+,28+,29-/m1/s1. The molecule has 6 heteroatoms. The van der Waals surface area contributed by atoms with E-state index in [0.717, 1.165) is 38.5 Å². The van der Waals surface area contributed by atoms with Crippen molar-refractivity contribution in [2.75, 3.05) is 6.54 Å². The van der Waals surface area contributed by atoms with Crippen LogP contribution in [0.3, 0.4) is 0 Å². The van der Waals surface area contributed by atoms with Crippen LogP contribution in [-0.4, -0.2) is 56.9 Å². The molecule has 1 amide bonds. The highest BCUT2D eigenvalue weighted by atomic mass is 16.4. The number of aliphatic hydroxyl groups excluding tert-OH is 2. The number of rotatable bonds is 5. The molecule has 0 aromatic rings. The van der Waals surface area contributed by atoms with Crippen LogP contribution in [0.1, 0.15) is 97.8 Å². The first-order valence-corrected chi connectivity index (χ1v) is 14.4. The van der Waals surface area contributed by atoms with Crippen molar-refractivity contribution in [3.8, 4) is 0 Å². The maximum atomic E-state index is 12.9. The monoisotopic (exact) mass is 489 g/mol. The van der Waals surface area contributed by atoms with E-state index in [1.165, 1.54) is 25.7 Å². The fourth-order valence-corrected chi connectivity index (χ4v) is 10.2. The molecule has 0 spiro atoms. The molecule has 4 aliphatic carbocycles. The van der Waals surface area contributed by atoms with Crippen LogP contribution >= 0.6 is 0 Å². The molecule has 4 saturated carbocycles. The van der Waals surface area contributed by atoms with Crippen LogP contribution in [0.15, 0.2) is 0 Å². The van der Waals surface area contributed by atoms with Gasteiger partial charge in [0.1, 0.15) is 6.04 Å². The summed E-state index contributed by atoms with van der Waals surface area (Å²) in [6.45, 7) is 7.80. The summed E-state index contributed by atoms with van der Waals surface area (Å²) in [6.07, 6.45) is 10.6. The molecule has 5 rings (SSSR count). The SMILES string of the molecule is C[C@H](CCC(=O)N1CCCC1C(=O)O)[C@H]1CC[C@H]2[C@@H]3[C@@H](O)C[C@@H]4C[C@H](O)CC[C@]4(C)[C@H]3CC[C@]12C. The number of carboxylic acids is 1. The van der Waals surface area contributed by atoms with Gasteiger partial charge in [-0.3, -0.25) is 4.79 Å². The van der Waals surface area contributed by atoms with Gasteiger partial charge in [-0.1, -0.05) is 20.8 Å². The van der Waals surface area contributed by atoms with Crippen LogP contribution in [0.5, 0.6) is 0 Å². The molecule has 0 radical (unpaired) electrons. The van der Waals surface area contributed by atoms with E-state index < -0.39 is 12.0 Å². The van der Waals surface area contributed by atoms with Gasteiger partial charge in [-0.2, -0.15) is 0 Å². The van der Waals surface area contributed by atoms with E-state index in [4.69, 9.17) is 0 Å². The Hall–Kier alpha value is -1.14. The number of hydrogen-bond donors (Lipinski definition) is 3. The molecule has 5 fully saturated rings. The van der Waals surface area contributed by atoms with Gasteiger partial charge in [0, 0.05) is 13.0 Å². The van der Waals surface area contributed by atoms with E-state index >= 15 is 0 Å². The molecule has 0 aromatic heterocycles. The highest BCUT2D eigenvalue weighted by Crippen LogP contribution is 2.68. The van der Waals surface area contributed by atoms with Crippen LogP contribution in [-0.2, 0) is 9.59 Å². The van der Waals surface area contributed by atoms with Crippen LogP contribution in [0.25, 0.3) is 0 Å². The Labute approximate surface area is 210 Å². The summed E-state index contributed by atoms with van der Waals surface area (Å²) in [6, 6.07) is -0.639. The number of nitrogens with zero attached hydrogens (tertiary/aromatic N) is 1. The average Bonchev–Trinajstić information content (AvgIpc) is 3.43. The number of aliphatic carboxylic acids is 1.